The molecule has 4 heteroatoms. The lowest BCUT2D eigenvalue weighted by Gasteiger charge is -2.26. The predicted octanol–water partition coefficient (Wildman–Crippen LogP) is 3.61. The molecule has 2 aromatic rings. The van der Waals surface area contributed by atoms with Crippen LogP contribution in [0.3, 0.4) is 0 Å². The first-order valence-corrected chi connectivity index (χ1v) is 6.91. The Bertz CT molecular complexity index is 849. The second-order valence-electron chi connectivity index (χ2n) is 5.04. The Morgan fingerprint density at radius 2 is 1.67 bits per heavy atom. The number of carbonyl (C=O) groups excluding carboxylic acids is 2. The van der Waals surface area contributed by atoms with Gasteiger partial charge in [-0.25, -0.2) is 0 Å². The molecule has 4 rings (SSSR count). The minimum Gasteiger partial charge on any atom is -0.452 e. The maximum atomic E-state index is 12.6. The van der Waals surface area contributed by atoms with Crippen LogP contribution < -0.4 is 4.74 Å². The number of ketones is 2. The molecule has 0 radical (unpaired) electrons. The molecule has 102 valence electrons. The molecular weight excluding hydrogens is 288 g/mol. The van der Waals surface area contributed by atoms with Crippen molar-refractivity contribution >= 4 is 23.2 Å². The Morgan fingerprint density at radius 3 is 2.43 bits per heavy atom. The van der Waals surface area contributed by atoms with E-state index in [0.29, 0.717) is 33.9 Å². The molecule has 21 heavy (non-hydrogen) atoms. The molecule has 0 bridgehead atoms. The van der Waals surface area contributed by atoms with Gasteiger partial charge in [-0.1, -0.05) is 35.9 Å². The van der Waals surface area contributed by atoms with Crippen molar-refractivity contribution in [1.82, 2.24) is 0 Å². The van der Waals surface area contributed by atoms with Crippen molar-refractivity contribution in [2.75, 3.05) is 0 Å². The highest BCUT2D eigenvalue weighted by atomic mass is 35.5. The number of ether oxygens (including phenoxy) is 1. The molecule has 1 aliphatic carbocycles. The molecule has 0 amide bonds. The molecule has 1 aliphatic heterocycles. The van der Waals surface area contributed by atoms with Gasteiger partial charge in [0.15, 0.2) is 11.5 Å². The Kier molecular flexibility index (Phi) is 2.53. The SMILES string of the molecule is O=C1C2=C(Oc3ccc(Cl)cc3C2)C(=O)c2ccccc21. The number of benzene rings is 2. The van der Waals surface area contributed by atoms with E-state index in [9.17, 15) is 9.59 Å². The Labute approximate surface area is 125 Å². The third kappa shape index (κ3) is 1.74. The number of fused-ring (bicyclic) bond motifs is 2. The van der Waals surface area contributed by atoms with Crippen LogP contribution >= 0.6 is 11.6 Å². The second kappa shape index (κ2) is 4.30. The predicted molar refractivity (Wildman–Crippen MR) is 77.9 cm³/mol. The molecule has 0 atom stereocenters. The molecule has 0 unspecified atom stereocenters. The summed E-state index contributed by atoms with van der Waals surface area (Å²) in [6.07, 6.45) is 0.365. The maximum Gasteiger partial charge on any atom is 0.229 e. The van der Waals surface area contributed by atoms with E-state index in [-0.39, 0.29) is 17.3 Å². The monoisotopic (exact) mass is 296 g/mol. The van der Waals surface area contributed by atoms with Gasteiger partial charge >= 0.3 is 0 Å². The molecule has 0 N–H and O–H groups in total. The number of halogens is 1. The summed E-state index contributed by atoms with van der Waals surface area (Å²) in [5.74, 6) is 0.346. The van der Waals surface area contributed by atoms with Crippen LogP contribution in [0.2, 0.25) is 5.02 Å². The molecule has 0 saturated heterocycles. The maximum absolute atomic E-state index is 12.6. The van der Waals surface area contributed by atoms with E-state index >= 15 is 0 Å². The summed E-state index contributed by atoms with van der Waals surface area (Å²) in [7, 11) is 0. The van der Waals surface area contributed by atoms with Gasteiger partial charge in [0.1, 0.15) is 5.75 Å². The van der Waals surface area contributed by atoms with Gasteiger partial charge in [-0.3, -0.25) is 9.59 Å². The standard InChI is InChI=1S/C17H9ClO3/c18-10-5-6-14-9(7-10)8-13-15(19)11-3-1-2-4-12(11)16(20)17(13)21-14/h1-7H,8H2. The van der Waals surface area contributed by atoms with E-state index < -0.39 is 0 Å². The van der Waals surface area contributed by atoms with E-state index in [2.05, 4.69) is 0 Å². The highest BCUT2D eigenvalue weighted by molar-refractivity contribution is 6.31. The normalized spacial score (nSPS) is 16.0. The van der Waals surface area contributed by atoms with Gasteiger partial charge in [0, 0.05) is 28.1 Å². The van der Waals surface area contributed by atoms with Crippen LogP contribution in [0.5, 0.6) is 5.75 Å². The molecule has 0 saturated carbocycles. The third-order valence-electron chi connectivity index (χ3n) is 3.77. The van der Waals surface area contributed by atoms with Crippen LogP contribution in [-0.4, -0.2) is 11.6 Å². The van der Waals surface area contributed by atoms with Crippen LogP contribution in [0.15, 0.2) is 53.8 Å². The lowest BCUT2D eigenvalue weighted by atomic mass is 9.84. The zero-order valence-corrected chi connectivity index (χ0v) is 11.6. The number of carbonyl (C=O) groups is 2. The van der Waals surface area contributed by atoms with E-state index in [1.54, 1.807) is 42.5 Å². The molecule has 3 nitrogen and oxygen atoms in total. The molecule has 1 heterocycles. The Morgan fingerprint density at radius 1 is 0.952 bits per heavy atom. The summed E-state index contributed by atoms with van der Waals surface area (Å²) in [5, 5.41) is 0.580. The van der Waals surface area contributed by atoms with E-state index in [1.165, 1.54) is 0 Å². The highest BCUT2D eigenvalue weighted by Gasteiger charge is 2.36. The smallest absolute Gasteiger partial charge is 0.229 e. The van der Waals surface area contributed by atoms with E-state index in [0.717, 1.165) is 5.56 Å². The average molecular weight is 297 g/mol. The summed E-state index contributed by atoms with van der Waals surface area (Å²) in [6.45, 7) is 0. The first kappa shape index (κ1) is 12.4. The zero-order chi connectivity index (χ0) is 14.6. The van der Waals surface area contributed by atoms with Gasteiger partial charge in [-0.05, 0) is 18.2 Å². The number of hydrogen-bond donors (Lipinski definition) is 0. The van der Waals surface area contributed by atoms with E-state index in [4.69, 9.17) is 16.3 Å². The minimum atomic E-state index is -0.235. The van der Waals surface area contributed by atoms with Crippen molar-refractivity contribution in [2.45, 2.75) is 6.42 Å². The summed E-state index contributed by atoms with van der Waals surface area (Å²) in [5.41, 5.74) is 2.07. The fourth-order valence-electron chi connectivity index (χ4n) is 2.76. The number of hydrogen-bond acceptors (Lipinski definition) is 3. The summed E-state index contributed by atoms with van der Waals surface area (Å²) in [6, 6.07) is 12.0. The van der Waals surface area contributed by atoms with Crippen molar-refractivity contribution in [2.24, 2.45) is 0 Å². The van der Waals surface area contributed by atoms with Crippen LogP contribution in [0, 0.1) is 0 Å². The van der Waals surface area contributed by atoms with Crippen molar-refractivity contribution in [1.29, 1.82) is 0 Å². The van der Waals surface area contributed by atoms with Gasteiger partial charge in [0.2, 0.25) is 5.78 Å². The van der Waals surface area contributed by atoms with Crippen molar-refractivity contribution < 1.29 is 14.3 Å². The molecule has 0 fully saturated rings. The minimum absolute atomic E-state index is 0.147. The number of allylic oxidation sites excluding steroid dienone is 2. The summed E-state index contributed by atoms with van der Waals surface area (Å²) >= 11 is 5.97. The Hall–Kier alpha value is -2.39. The second-order valence-corrected chi connectivity index (χ2v) is 5.48. The summed E-state index contributed by atoms with van der Waals surface area (Å²) < 4.78 is 5.68. The number of Topliss-reactive ketones (excluding diaryl/α,β-unsaturated/α-hetero) is 2. The van der Waals surface area contributed by atoms with Crippen molar-refractivity contribution in [3.05, 3.63) is 75.5 Å². The van der Waals surface area contributed by atoms with Gasteiger partial charge in [-0.2, -0.15) is 0 Å². The Balaban J connectivity index is 1.88. The fraction of sp³-hybridized carbons (Fsp3) is 0.0588. The van der Waals surface area contributed by atoms with Crippen LogP contribution in [0.1, 0.15) is 26.3 Å². The number of rotatable bonds is 0. The zero-order valence-electron chi connectivity index (χ0n) is 10.9. The molecule has 0 spiro atoms. The lowest BCUT2D eigenvalue weighted by molar-refractivity contribution is 0.0930. The average Bonchev–Trinajstić information content (AvgIpc) is 2.51. The molecular formula is C17H9ClO3. The van der Waals surface area contributed by atoms with E-state index in [1.807, 2.05) is 0 Å². The third-order valence-corrected chi connectivity index (χ3v) is 4.01. The van der Waals surface area contributed by atoms with Crippen LogP contribution in [0.25, 0.3) is 0 Å². The fourth-order valence-corrected chi connectivity index (χ4v) is 2.95. The van der Waals surface area contributed by atoms with Crippen LogP contribution in [0.4, 0.5) is 0 Å². The first-order chi connectivity index (χ1) is 10.1. The van der Waals surface area contributed by atoms with Gasteiger partial charge in [0.05, 0.1) is 5.57 Å². The highest BCUT2D eigenvalue weighted by Crippen LogP contribution is 2.37. The van der Waals surface area contributed by atoms with Crippen molar-refractivity contribution in [3.8, 4) is 5.75 Å². The largest absolute Gasteiger partial charge is 0.452 e. The molecule has 2 aliphatic rings. The van der Waals surface area contributed by atoms with Gasteiger partial charge < -0.3 is 4.74 Å². The van der Waals surface area contributed by atoms with Crippen LogP contribution in [-0.2, 0) is 6.42 Å². The first-order valence-electron chi connectivity index (χ1n) is 6.53. The quantitative estimate of drug-likeness (QED) is 0.746. The summed E-state index contributed by atoms with van der Waals surface area (Å²) in [4.78, 5) is 25.1. The molecule has 2 aromatic carbocycles. The van der Waals surface area contributed by atoms with Crippen molar-refractivity contribution in [3.63, 3.8) is 0 Å². The molecule has 0 aromatic heterocycles. The topological polar surface area (TPSA) is 43.4 Å². The van der Waals surface area contributed by atoms with Gasteiger partial charge in [-0.15, -0.1) is 0 Å². The lowest BCUT2D eigenvalue weighted by Crippen LogP contribution is -2.28. The van der Waals surface area contributed by atoms with Gasteiger partial charge in [0.25, 0.3) is 0 Å².